The lowest BCUT2D eigenvalue weighted by Crippen LogP contribution is -2.55. The molecule has 1 aromatic heterocycles. The highest BCUT2D eigenvalue weighted by molar-refractivity contribution is 5.81. The van der Waals surface area contributed by atoms with E-state index < -0.39 is 46.9 Å². The molecule has 1 heterocycles. The van der Waals surface area contributed by atoms with Gasteiger partial charge in [0.2, 0.25) is 0 Å². The van der Waals surface area contributed by atoms with E-state index in [1.807, 2.05) is 0 Å². The van der Waals surface area contributed by atoms with E-state index in [0.717, 1.165) is 16.7 Å². The number of nitrogens with zero attached hydrogens (tertiary/aromatic N) is 3. The van der Waals surface area contributed by atoms with Gasteiger partial charge in [0.05, 0.1) is 39.5 Å². The number of rotatable bonds is 31. The third kappa shape index (κ3) is 19.9. The lowest BCUT2D eigenvalue weighted by Gasteiger charge is -2.14. The molecule has 0 spiro atoms. The van der Waals surface area contributed by atoms with Gasteiger partial charge >= 0.3 is 46.9 Å². The summed E-state index contributed by atoms with van der Waals surface area (Å²) in [4.78, 5) is 98.7. The standard InChI is InChI=1S/C37H53N3O14/c1-5-29(4)49-23-14-8-11-17-32(43)52-26-20-38-35(46)39(21-27-53-33(44)18-12-9-15-24-50-30(41)6-2)37(48)40(36(38)47)22-28-54-34(45)19-13-10-16-25-51-31(42)7-3/h5-7H,1-4,8-28H2. The van der Waals surface area contributed by atoms with Gasteiger partial charge in [-0.15, -0.1) is 0 Å². The molecule has 0 radical (unpaired) electrons. The molecule has 0 bridgehead atoms. The van der Waals surface area contributed by atoms with Crippen LogP contribution >= 0.6 is 0 Å². The molecule has 1 aromatic rings. The van der Waals surface area contributed by atoms with Gasteiger partial charge in [-0.1, -0.05) is 26.3 Å². The molecule has 17 nitrogen and oxygen atoms in total. The minimum atomic E-state index is -1.01. The van der Waals surface area contributed by atoms with Gasteiger partial charge in [0.25, 0.3) is 0 Å². The van der Waals surface area contributed by atoms with Crippen molar-refractivity contribution in [1.29, 1.82) is 0 Å². The number of hydrogen-bond acceptors (Lipinski definition) is 14. The molecule has 0 aliphatic rings. The van der Waals surface area contributed by atoms with Crippen molar-refractivity contribution < 1.29 is 52.4 Å². The number of esters is 5. The minimum absolute atomic E-state index is 0.0480. The van der Waals surface area contributed by atoms with E-state index >= 15 is 0 Å². The number of carbonyl (C=O) groups excluding carboxylic acids is 5. The van der Waals surface area contributed by atoms with Gasteiger partial charge in [-0.2, -0.15) is 0 Å². The van der Waals surface area contributed by atoms with Gasteiger partial charge in [0.15, 0.2) is 0 Å². The highest BCUT2D eigenvalue weighted by Gasteiger charge is 2.17. The Kier molecular flexibility index (Phi) is 24.2. The number of unbranched alkanes of at least 4 members (excludes halogenated alkanes) is 6. The van der Waals surface area contributed by atoms with Crippen LogP contribution in [0.4, 0.5) is 0 Å². The van der Waals surface area contributed by atoms with Crippen LogP contribution < -0.4 is 17.1 Å². The van der Waals surface area contributed by atoms with Crippen molar-refractivity contribution >= 4 is 29.8 Å². The maximum atomic E-state index is 13.3. The molecule has 0 fully saturated rings. The van der Waals surface area contributed by atoms with Gasteiger partial charge in [-0.3, -0.25) is 14.4 Å². The fourth-order valence-corrected chi connectivity index (χ4v) is 4.60. The van der Waals surface area contributed by atoms with Crippen LogP contribution in [0.2, 0.25) is 0 Å². The molecule has 17 heteroatoms. The van der Waals surface area contributed by atoms with E-state index in [9.17, 15) is 38.4 Å². The molecule has 54 heavy (non-hydrogen) atoms. The third-order valence-electron chi connectivity index (χ3n) is 7.53. The zero-order chi connectivity index (χ0) is 40.1. The molecule has 0 saturated heterocycles. The van der Waals surface area contributed by atoms with Crippen LogP contribution in [-0.4, -0.2) is 83.2 Å². The molecule has 0 amide bonds. The van der Waals surface area contributed by atoms with Gasteiger partial charge < -0.3 is 28.4 Å². The smallest absolute Gasteiger partial charge is 0.336 e. The molecule has 300 valence electrons. The molecular formula is C37H53N3O14. The van der Waals surface area contributed by atoms with E-state index in [4.69, 9.17) is 28.4 Å². The average Bonchev–Trinajstić information content (AvgIpc) is 3.16. The fraction of sp³-hybridized carbons (Fsp3) is 0.568. The van der Waals surface area contributed by atoms with Gasteiger partial charge in [-0.05, 0) is 63.9 Å². The maximum absolute atomic E-state index is 13.3. The van der Waals surface area contributed by atoms with Crippen molar-refractivity contribution in [2.45, 2.75) is 96.7 Å². The second kappa shape index (κ2) is 28.1. The Morgan fingerprint density at radius 2 is 0.741 bits per heavy atom. The number of ether oxygens (including phenoxy) is 6. The summed E-state index contributed by atoms with van der Waals surface area (Å²) in [5, 5.41) is 0. The molecule has 0 saturated carbocycles. The Labute approximate surface area is 313 Å². The number of carbonyl (C=O) groups is 5. The van der Waals surface area contributed by atoms with Crippen LogP contribution in [0, 0.1) is 0 Å². The fourth-order valence-electron chi connectivity index (χ4n) is 4.60. The quantitative estimate of drug-likeness (QED) is 0.0266. The first kappa shape index (κ1) is 46.5. The highest BCUT2D eigenvalue weighted by atomic mass is 16.5. The Morgan fingerprint density at radius 1 is 0.426 bits per heavy atom. The summed E-state index contributed by atoms with van der Waals surface area (Å²) in [6.45, 7) is 12.4. The van der Waals surface area contributed by atoms with Crippen LogP contribution in [0.3, 0.4) is 0 Å². The lowest BCUT2D eigenvalue weighted by molar-refractivity contribution is -0.145. The predicted molar refractivity (Wildman–Crippen MR) is 195 cm³/mol. The third-order valence-corrected chi connectivity index (χ3v) is 7.53. The summed E-state index contributed by atoms with van der Waals surface area (Å²) in [5.74, 6) is -2.31. The van der Waals surface area contributed by atoms with E-state index in [1.165, 1.54) is 6.08 Å². The molecule has 0 aliphatic carbocycles. The van der Waals surface area contributed by atoms with Crippen molar-refractivity contribution in [2.75, 3.05) is 39.6 Å². The van der Waals surface area contributed by atoms with E-state index in [2.05, 4.69) is 26.3 Å². The zero-order valence-corrected chi connectivity index (χ0v) is 31.0. The summed E-state index contributed by atoms with van der Waals surface area (Å²) in [6.07, 6.45) is 8.82. The average molecular weight is 764 g/mol. The van der Waals surface area contributed by atoms with Crippen molar-refractivity contribution in [2.24, 2.45) is 0 Å². The summed E-state index contributed by atoms with van der Waals surface area (Å²) < 4.78 is 32.8. The number of hydrogen-bond donors (Lipinski definition) is 0. The Bertz CT molecular complexity index is 1390. The SMILES string of the molecule is C=CC(=C)OCCCCCC(=O)OCCn1c(=O)n(CCOC(=O)CCCCCOC(=O)C=C)c(=O)n(CCOC(=O)CCCCCOC(=O)C=C)c1=O. The van der Waals surface area contributed by atoms with Crippen molar-refractivity contribution in [3.63, 3.8) is 0 Å². The first-order chi connectivity index (χ1) is 25.9. The monoisotopic (exact) mass is 763 g/mol. The Balaban J connectivity index is 2.83. The molecule has 0 N–H and O–H groups in total. The second-order valence-corrected chi connectivity index (χ2v) is 11.7. The van der Waals surface area contributed by atoms with Crippen LogP contribution in [0.15, 0.2) is 64.7 Å². The second-order valence-electron chi connectivity index (χ2n) is 11.7. The van der Waals surface area contributed by atoms with Crippen molar-refractivity contribution in [3.8, 4) is 0 Å². The first-order valence-electron chi connectivity index (χ1n) is 17.9. The van der Waals surface area contributed by atoms with Gasteiger partial charge in [0, 0.05) is 31.4 Å². The predicted octanol–water partition coefficient (Wildman–Crippen LogP) is 2.66. The topological polar surface area (TPSA) is 207 Å². The summed E-state index contributed by atoms with van der Waals surface area (Å²) in [6, 6.07) is 0. The Hall–Kier alpha value is -5.48. The van der Waals surface area contributed by atoms with Gasteiger partial charge in [0.1, 0.15) is 25.6 Å². The summed E-state index contributed by atoms with van der Waals surface area (Å²) in [5.41, 5.74) is -3.01. The van der Waals surface area contributed by atoms with Crippen LogP contribution in [-0.2, 0) is 72.0 Å². The molecular weight excluding hydrogens is 710 g/mol. The molecule has 0 atom stereocenters. The molecule has 0 unspecified atom stereocenters. The van der Waals surface area contributed by atoms with E-state index in [0.29, 0.717) is 79.3 Å². The normalized spacial score (nSPS) is 10.4. The van der Waals surface area contributed by atoms with E-state index in [-0.39, 0.29) is 71.9 Å². The molecule has 0 aromatic carbocycles. The molecule has 0 aliphatic heterocycles. The largest absolute Gasteiger partial charge is 0.494 e. The van der Waals surface area contributed by atoms with Crippen LogP contribution in [0.1, 0.15) is 77.0 Å². The maximum Gasteiger partial charge on any atom is 0.336 e. The summed E-state index contributed by atoms with van der Waals surface area (Å²) >= 11 is 0. The highest BCUT2D eigenvalue weighted by Crippen LogP contribution is 2.05. The number of allylic oxidation sites excluding steroid dienone is 1. The van der Waals surface area contributed by atoms with Gasteiger partial charge in [-0.25, -0.2) is 37.7 Å². The van der Waals surface area contributed by atoms with E-state index in [1.54, 1.807) is 0 Å². The van der Waals surface area contributed by atoms with Crippen molar-refractivity contribution in [1.82, 2.24) is 13.7 Å². The zero-order valence-electron chi connectivity index (χ0n) is 31.0. The number of aromatic nitrogens is 3. The van der Waals surface area contributed by atoms with Crippen molar-refractivity contribution in [3.05, 3.63) is 81.8 Å². The minimum Gasteiger partial charge on any atom is -0.494 e. The lowest BCUT2D eigenvalue weighted by atomic mass is 10.2. The first-order valence-corrected chi connectivity index (χ1v) is 17.9. The Morgan fingerprint density at radius 3 is 1.04 bits per heavy atom. The van der Waals surface area contributed by atoms with Crippen LogP contribution in [0.5, 0.6) is 0 Å². The van der Waals surface area contributed by atoms with Crippen LogP contribution in [0.25, 0.3) is 0 Å². The molecule has 1 rings (SSSR count). The summed E-state index contributed by atoms with van der Waals surface area (Å²) in [7, 11) is 0.